The highest BCUT2D eigenvalue weighted by Crippen LogP contribution is 2.23. The van der Waals surface area contributed by atoms with E-state index in [0.717, 1.165) is 11.1 Å². The van der Waals surface area contributed by atoms with E-state index < -0.39 is 0 Å². The summed E-state index contributed by atoms with van der Waals surface area (Å²) in [4.78, 5) is 24.3. The molecule has 3 rings (SSSR count). The number of furan rings is 1. The fraction of sp³-hybridized carbons (Fsp3) is 0.130. The number of rotatable bonds is 8. The van der Waals surface area contributed by atoms with Gasteiger partial charge in [0.15, 0.2) is 0 Å². The molecule has 5 nitrogen and oxygen atoms in total. The lowest BCUT2D eigenvalue weighted by atomic mass is 9.98. The lowest BCUT2D eigenvalue weighted by Gasteiger charge is -2.20. The Morgan fingerprint density at radius 2 is 1.69 bits per heavy atom. The summed E-state index contributed by atoms with van der Waals surface area (Å²) in [6, 6.07) is 20.3. The van der Waals surface area contributed by atoms with Crippen LogP contribution in [0.1, 0.15) is 29.3 Å². The molecule has 29 heavy (non-hydrogen) atoms. The van der Waals surface area contributed by atoms with Gasteiger partial charge in [0.1, 0.15) is 5.76 Å². The van der Waals surface area contributed by atoms with Crippen molar-refractivity contribution in [2.45, 2.75) is 12.5 Å². The molecule has 148 valence electrons. The zero-order valence-electron chi connectivity index (χ0n) is 15.7. The standard InChI is InChI=1S/C23H21ClN2O3/c24-19-10-8-18(9-11-19)23(17-5-2-1-3-6-17)26-22(28)14-15-25-21(27)13-12-20-7-4-16-29-20/h1-13,16,23H,14-15H2,(H,25,27)(H,26,28)/b13-12+. The second-order valence-corrected chi connectivity index (χ2v) is 6.79. The van der Waals surface area contributed by atoms with E-state index in [9.17, 15) is 9.59 Å². The smallest absolute Gasteiger partial charge is 0.244 e. The van der Waals surface area contributed by atoms with Crippen LogP contribution in [0.15, 0.2) is 83.5 Å². The molecule has 1 aromatic heterocycles. The highest BCUT2D eigenvalue weighted by molar-refractivity contribution is 6.30. The molecular formula is C23H21ClN2O3. The van der Waals surface area contributed by atoms with E-state index in [1.54, 1.807) is 30.3 Å². The van der Waals surface area contributed by atoms with Gasteiger partial charge < -0.3 is 15.1 Å². The summed E-state index contributed by atoms with van der Waals surface area (Å²) >= 11 is 5.99. The second kappa shape index (κ2) is 10.3. The molecule has 1 unspecified atom stereocenters. The van der Waals surface area contributed by atoms with Gasteiger partial charge >= 0.3 is 0 Å². The Kier molecular flexibility index (Phi) is 7.25. The molecular weight excluding hydrogens is 388 g/mol. The van der Waals surface area contributed by atoms with E-state index in [0.29, 0.717) is 10.8 Å². The van der Waals surface area contributed by atoms with E-state index in [-0.39, 0.29) is 30.8 Å². The quantitative estimate of drug-likeness (QED) is 0.544. The van der Waals surface area contributed by atoms with Crippen molar-refractivity contribution in [1.29, 1.82) is 0 Å². The fourth-order valence-corrected chi connectivity index (χ4v) is 2.92. The molecule has 1 atom stereocenters. The Bertz CT molecular complexity index is 952. The van der Waals surface area contributed by atoms with E-state index >= 15 is 0 Å². The van der Waals surface area contributed by atoms with E-state index in [1.165, 1.54) is 12.3 Å². The van der Waals surface area contributed by atoms with E-state index in [1.807, 2.05) is 42.5 Å². The molecule has 3 aromatic rings. The first-order chi connectivity index (χ1) is 14.1. The normalized spacial score (nSPS) is 11.9. The van der Waals surface area contributed by atoms with E-state index in [4.69, 9.17) is 16.0 Å². The number of hydrogen-bond donors (Lipinski definition) is 2. The van der Waals surface area contributed by atoms with Gasteiger partial charge in [-0.15, -0.1) is 0 Å². The Labute approximate surface area is 174 Å². The van der Waals surface area contributed by atoms with Gasteiger partial charge in [0.05, 0.1) is 12.3 Å². The molecule has 0 fully saturated rings. The van der Waals surface area contributed by atoms with Gasteiger partial charge in [0, 0.05) is 24.1 Å². The van der Waals surface area contributed by atoms with Gasteiger partial charge in [-0.05, 0) is 41.5 Å². The van der Waals surface area contributed by atoms with Gasteiger partial charge in [-0.2, -0.15) is 0 Å². The number of carbonyl (C=O) groups excluding carboxylic acids is 2. The minimum Gasteiger partial charge on any atom is -0.465 e. The van der Waals surface area contributed by atoms with Crippen LogP contribution in [0.4, 0.5) is 0 Å². The van der Waals surface area contributed by atoms with Gasteiger partial charge in [-0.3, -0.25) is 9.59 Å². The largest absolute Gasteiger partial charge is 0.465 e. The topological polar surface area (TPSA) is 71.3 Å². The number of amides is 2. The second-order valence-electron chi connectivity index (χ2n) is 6.35. The third-order valence-electron chi connectivity index (χ3n) is 4.24. The first-order valence-corrected chi connectivity index (χ1v) is 9.59. The third-order valence-corrected chi connectivity index (χ3v) is 4.49. The molecule has 1 heterocycles. The van der Waals surface area contributed by atoms with Crippen LogP contribution in [0.3, 0.4) is 0 Å². The first kappa shape index (κ1) is 20.4. The number of benzene rings is 2. The van der Waals surface area contributed by atoms with Crippen molar-refractivity contribution in [3.05, 3.63) is 101 Å². The van der Waals surface area contributed by atoms with Gasteiger partial charge in [0.2, 0.25) is 11.8 Å². The van der Waals surface area contributed by atoms with Crippen LogP contribution in [0.25, 0.3) is 6.08 Å². The van der Waals surface area contributed by atoms with Crippen molar-refractivity contribution < 1.29 is 14.0 Å². The minimum atomic E-state index is -0.296. The average Bonchev–Trinajstić information content (AvgIpc) is 3.26. The van der Waals surface area contributed by atoms with Crippen LogP contribution >= 0.6 is 11.6 Å². The summed E-state index contributed by atoms with van der Waals surface area (Å²) in [5.74, 6) is 0.141. The summed E-state index contributed by atoms with van der Waals surface area (Å²) in [5, 5.41) is 6.36. The zero-order chi connectivity index (χ0) is 20.5. The third kappa shape index (κ3) is 6.36. The first-order valence-electron chi connectivity index (χ1n) is 9.21. The predicted molar refractivity (Wildman–Crippen MR) is 113 cm³/mol. The molecule has 2 amide bonds. The molecule has 0 saturated carbocycles. The summed E-state index contributed by atoms with van der Waals surface area (Å²) < 4.78 is 5.12. The predicted octanol–water partition coefficient (Wildman–Crippen LogP) is 4.36. The Morgan fingerprint density at radius 1 is 0.966 bits per heavy atom. The van der Waals surface area contributed by atoms with E-state index in [2.05, 4.69) is 10.6 Å². The summed E-state index contributed by atoms with van der Waals surface area (Å²) in [7, 11) is 0. The monoisotopic (exact) mass is 408 g/mol. The molecule has 0 aliphatic heterocycles. The van der Waals surface area contributed by atoms with Crippen molar-refractivity contribution in [2.24, 2.45) is 0 Å². The van der Waals surface area contributed by atoms with Gasteiger partial charge in [0.25, 0.3) is 0 Å². The SMILES string of the molecule is O=C(/C=C/c1ccco1)NCCC(=O)NC(c1ccccc1)c1ccc(Cl)cc1. The number of nitrogens with one attached hydrogen (secondary N) is 2. The molecule has 0 bridgehead atoms. The lowest BCUT2D eigenvalue weighted by Crippen LogP contribution is -2.33. The summed E-state index contributed by atoms with van der Waals surface area (Å²) in [5.41, 5.74) is 1.90. The molecule has 0 saturated heterocycles. The van der Waals surface area contributed by atoms with Crippen LogP contribution in [0, 0.1) is 0 Å². The van der Waals surface area contributed by atoms with Crippen molar-refractivity contribution in [1.82, 2.24) is 10.6 Å². The van der Waals surface area contributed by atoms with Crippen LogP contribution < -0.4 is 10.6 Å². The Balaban J connectivity index is 1.56. The number of halogens is 1. The molecule has 2 N–H and O–H groups in total. The molecule has 2 aromatic carbocycles. The molecule has 0 aliphatic carbocycles. The van der Waals surface area contributed by atoms with Gasteiger partial charge in [-0.1, -0.05) is 54.1 Å². The molecule has 0 spiro atoms. The maximum Gasteiger partial charge on any atom is 0.244 e. The lowest BCUT2D eigenvalue weighted by molar-refractivity contribution is -0.121. The highest BCUT2D eigenvalue weighted by atomic mass is 35.5. The average molecular weight is 409 g/mol. The number of carbonyl (C=O) groups is 2. The Morgan fingerprint density at radius 3 is 2.38 bits per heavy atom. The van der Waals surface area contributed by atoms with Crippen molar-refractivity contribution in [3.63, 3.8) is 0 Å². The van der Waals surface area contributed by atoms with Crippen molar-refractivity contribution in [3.8, 4) is 0 Å². The molecule has 0 radical (unpaired) electrons. The fourth-order valence-electron chi connectivity index (χ4n) is 2.80. The van der Waals surface area contributed by atoms with Crippen LogP contribution in [-0.2, 0) is 9.59 Å². The van der Waals surface area contributed by atoms with Crippen LogP contribution in [-0.4, -0.2) is 18.4 Å². The zero-order valence-corrected chi connectivity index (χ0v) is 16.4. The van der Waals surface area contributed by atoms with Gasteiger partial charge in [-0.25, -0.2) is 0 Å². The highest BCUT2D eigenvalue weighted by Gasteiger charge is 2.16. The van der Waals surface area contributed by atoms with Crippen molar-refractivity contribution in [2.75, 3.05) is 6.54 Å². The maximum absolute atomic E-state index is 12.5. The summed E-state index contributed by atoms with van der Waals surface area (Å²) in [6.45, 7) is 0.231. The summed E-state index contributed by atoms with van der Waals surface area (Å²) in [6.07, 6.45) is 4.64. The van der Waals surface area contributed by atoms with Crippen LogP contribution in [0.5, 0.6) is 0 Å². The van der Waals surface area contributed by atoms with Crippen molar-refractivity contribution >= 4 is 29.5 Å². The maximum atomic E-state index is 12.5. The molecule has 6 heteroatoms. The Hall–Kier alpha value is -3.31. The number of hydrogen-bond acceptors (Lipinski definition) is 3. The molecule has 0 aliphatic rings. The van der Waals surface area contributed by atoms with Crippen LogP contribution in [0.2, 0.25) is 5.02 Å². The minimum absolute atomic E-state index is 0.163.